The van der Waals surface area contributed by atoms with Gasteiger partial charge in [-0.1, -0.05) is 6.92 Å². The third-order valence-corrected chi connectivity index (χ3v) is 3.07. The zero-order valence-electron chi connectivity index (χ0n) is 10.5. The van der Waals surface area contributed by atoms with Gasteiger partial charge >= 0.3 is 0 Å². The molecule has 5 heteroatoms. The highest BCUT2D eigenvalue weighted by Crippen LogP contribution is 2.38. The number of aromatic hydroxyl groups is 2. The second-order valence-corrected chi connectivity index (χ2v) is 4.94. The van der Waals surface area contributed by atoms with Crippen LogP contribution < -0.4 is 5.73 Å². The predicted octanol–water partition coefficient (Wildman–Crippen LogP) is 1.83. The number of hydrogen-bond acceptors (Lipinski definition) is 4. The number of carbonyl (C=O) groups is 1. The maximum atomic E-state index is 10.9. The van der Waals surface area contributed by atoms with Crippen LogP contribution in [0.3, 0.4) is 0 Å². The molecule has 1 aromatic heterocycles. The number of anilines is 1. The lowest BCUT2D eigenvalue weighted by Gasteiger charge is -2.30. The summed E-state index contributed by atoms with van der Waals surface area (Å²) < 4.78 is 1.36. The molecule has 0 aliphatic carbocycles. The Morgan fingerprint density at radius 3 is 2.47 bits per heavy atom. The molecule has 1 heterocycles. The smallest absolute Gasteiger partial charge is 0.218 e. The van der Waals surface area contributed by atoms with Gasteiger partial charge in [0.15, 0.2) is 5.88 Å². The Morgan fingerprint density at radius 2 is 2.12 bits per heavy atom. The highest BCUT2D eigenvalue weighted by Gasteiger charge is 2.29. The molecule has 5 nitrogen and oxygen atoms in total. The summed E-state index contributed by atoms with van der Waals surface area (Å²) in [5.41, 5.74) is 5.09. The van der Waals surface area contributed by atoms with Crippen molar-refractivity contribution in [3.05, 3.63) is 6.07 Å². The monoisotopic (exact) mass is 240 g/mol. The Kier molecular flexibility index (Phi) is 3.70. The quantitative estimate of drug-likeness (QED) is 0.685. The SMILES string of the molecule is CCC(C=O)CC(C)(C)n1c(O)cc(N)c1O. The molecule has 0 bridgehead atoms. The topological polar surface area (TPSA) is 88.5 Å². The molecule has 0 radical (unpaired) electrons. The lowest BCUT2D eigenvalue weighted by atomic mass is 9.89. The van der Waals surface area contributed by atoms with Crippen molar-refractivity contribution in [3.8, 4) is 11.8 Å². The second kappa shape index (κ2) is 4.69. The van der Waals surface area contributed by atoms with Crippen molar-refractivity contribution >= 4 is 12.0 Å². The molecule has 1 rings (SSSR count). The Morgan fingerprint density at radius 1 is 1.53 bits per heavy atom. The van der Waals surface area contributed by atoms with E-state index in [1.54, 1.807) is 0 Å². The van der Waals surface area contributed by atoms with E-state index in [-0.39, 0.29) is 23.4 Å². The fraction of sp³-hybridized carbons (Fsp3) is 0.583. The summed E-state index contributed by atoms with van der Waals surface area (Å²) >= 11 is 0. The second-order valence-electron chi connectivity index (χ2n) is 4.94. The Labute approximate surface area is 101 Å². The average Bonchev–Trinajstić information content (AvgIpc) is 2.50. The maximum Gasteiger partial charge on any atom is 0.218 e. The molecule has 4 N–H and O–H groups in total. The van der Waals surface area contributed by atoms with Crippen LogP contribution in [0.1, 0.15) is 33.6 Å². The minimum absolute atomic E-state index is 0.0919. The normalized spacial score (nSPS) is 13.6. The summed E-state index contributed by atoms with van der Waals surface area (Å²) in [7, 11) is 0. The summed E-state index contributed by atoms with van der Waals surface area (Å²) in [6, 6.07) is 1.30. The number of nitrogens with two attached hydrogens (primary N) is 1. The van der Waals surface area contributed by atoms with E-state index in [0.717, 1.165) is 12.7 Å². The maximum absolute atomic E-state index is 10.9. The van der Waals surface area contributed by atoms with Crippen molar-refractivity contribution < 1.29 is 15.0 Å². The van der Waals surface area contributed by atoms with Gasteiger partial charge in [0, 0.05) is 17.5 Å². The molecule has 1 unspecified atom stereocenters. The summed E-state index contributed by atoms with van der Waals surface area (Å²) in [6.07, 6.45) is 2.16. The van der Waals surface area contributed by atoms with Crippen molar-refractivity contribution in [3.63, 3.8) is 0 Å². The molecule has 1 atom stereocenters. The Hall–Kier alpha value is -1.65. The zero-order valence-corrected chi connectivity index (χ0v) is 10.5. The summed E-state index contributed by atoms with van der Waals surface area (Å²) in [4.78, 5) is 10.9. The molecule has 0 saturated heterocycles. The minimum atomic E-state index is -0.576. The Bertz CT molecular complexity index is 410. The van der Waals surface area contributed by atoms with Crippen molar-refractivity contribution in [1.29, 1.82) is 0 Å². The molecule has 0 aromatic carbocycles. The average molecular weight is 240 g/mol. The lowest BCUT2D eigenvalue weighted by molar-refractivity contribution is -0.112. The minimum Gasteiger partial charge on any atom is -0.494 e. The molecule has 0 aliphatic rings. The molecular formula is C12H20N2O3. The molecule has 96 valence electrons. The molecule has 17 heavy (non-hydrogen) atoms. The summed E-state index contributed by atoms with van der Waals surface area (Å²) in [5.74, 6) is -0.355. The first-order valence-corrected chi connectivity index (χ1v) is 5.68. The van der Waals surface area contributed by atoms with Crippen molar-refractivity contribution in [1.82, 2.24) is 4.57 Å². The first-order chi connectivity index (χ1) is 7.83. The van der Waals surface area contributed by atoms with Gasteiger partial charge in [0.1, 0.15) is 6.29 Å². The predicted molar refractivity (Wildman–Crippen MR) is 66.0 cm³/mol. The number of carbonyl (C=O) groups excluding carboxylic acids is 1. The van der Waals surface area contributed by atoms with E-state index in [0.29, 0.717) is 6.42 Å². The highest BCUT2D eigenvalue weighted by molar-refractivity contribution is 5.55. The molecule has 0 saturated carbocycles. The number of aldehydes is 1. The van der Waals surface area contributed by atoms with E-state index in [4.69, 9.17) is 5.73 Å². The third kappa shape index (κ3) is 2.54. The Balaban J connectivity index is 3.07. The standard InChI is InChI=1S/C12H20N2O3/c1-4-8(7-15)6-12(2,3)14-10(16)5-9(13)11(14)17/h5,7-8,16-17H,4,6,13H2,1-3H3. The first kappa shape index (κ1) is 13.4. The summed E-state index contributed by atoms with van der Waals surface area (Å²) in [5, 5.41) is 19.5. The van der Waals surface area contributed by atoms with E-state index in [9.17, 15) is 15.0 Å². The molecule has 0 fully saturated rings. The molecule has 0 spiro atoms. The number of hydrogen-bond donors (Lipinski definition) is 3. The van der Waals surface area contributed by atoms with Gasteiger partial charge in [-0.15, -0.1) is 0 Å². The van der Waals surface area contributed by atoms with Gasteiger partial charge in [-0.05, 0) is 26.7 Å². The number of rotatable bonds is 5. The molecule has 1 aromatic rings. The fourth-order valence-electron chi connectivity index (χ4n) is 2.12. The number of nitrogen functional groups attached to an aromatic ring is 1. The van der Waals surface area contributed by atoms with Crippen molar-refractivity contribution in [2.75, 3.05) is 5.73 Å². The first-order valence-electron chi connectivity index (χ1n) is 5.68. The van der Waals surface area contributed by atoms with Crippen LogP contribution >= 0.6 is 0 Å². The van der Waals surface area contributed by atoms with Crippen LogP contribution in [0.25, 0.3) is 0 Å². The third-order valence-electron chi connectivity index (χ3n) is 3.07. The fourth-order valence-corrected chi connectivity index (χ4v) is 2.12. The van der Waals surface area contributed by atoms with Gasteiger partial charge in [0.2, 0.25) is 5.88 Å². The van der Waals surface area contributed by atoms with Crippen LogP contribution in [0.4, 0.5) is 5.69 Å². The van der Waals surface area contributed by atoms with Gasteiger partial charge in [-0.25, -0.2) is 0 Å². The summed E-state index contributed by atoms with van der Waals surface area (Å²) in [6.45, 7) is 5.62. The van der Waals surface area contributed by atoms with Crippen molar-refractivity contribution in [2.24, 2.45) is 5.92 Å². The van der Waals surface area contributed by atoms with Gasteiger partial charge < -0.3 is 20.7 Å². The van der Waals surface area contributed by atoms with E-state index >= 15 is 0 Å². The van der Waals surface area contributed by atoms with Gasteiger partial charge in [0.05, 0.1) is 5.69 Å². The highest BCUT2D eigenvalue weighted by atomic mass is 16.3. The van der Waals surface area contributed by atoms with E-state index in [1.165, 1.54) is 10.6 Å². The molecule has 0 amide bonds. The van der Waals surface area contributed by atoms with Crippen molar-refractivity contribution in [2.45, 2.75) is 39.2 Å². The lowest BCUT2D eigenvalue weighted by Crippen LogP contribution is -2.29. The van der Waals surface area contributed by atoms with E-state index in [1.807, 2.05) is 20.8 Å². The number of nitrogens with zero attached hydrogens (tertiary/aromatic N) is 1. The van der Waals surface area contributed by atoms with Crippen LogP contribution in [-0.2, 0) is 10.3 Å². The van der Waals surface area contributed by atoms with Gasteiger partial charge in [0.25, 0.3) is 0 Å². The van der Waals surface area contributed by atoms with Crippen LogP contribution in [0.5, 0.6) is 11.8 Å². The molecular weight excluding hydrogens is 220 g/mol. The van der Waals surface area contributed by atoms with Crippen LogP contribution in [-0.4, -0.2) is 21.1 Å². The largest absolute Gasteiger partial charge is 0.494 e. The molecule has 0 aliphatic heterocycles. The van der Waals surface area contributed by atoms with Gasteiger partial charge in [-0.3, -0.25) is 4.57 Å². The van der Waals surface area contributed by atoms with Crippen LogP contribution in [0.15, 0.2) is 6.07 Å². The van der Waals surface area contributed by atoms with E-state index in [2.05, 4.69) is 0 Å². The zero-order chi connectivity index (χ0) is 13.2. The van der Waals surface area contributed by atoms with Crippen LogP contribution in [0.2, 0.25) is 0 Å². The number of aromatic nitrogens is 1. The van der Waals surface area contributed by atoms with E-state index < -0.39 is 5.54 Å². The van der Waals surface area contributed by atoms with Gasteiger partial charge in [-0.2, -0.15) is 0 Å². The van der Waals surface area contributed by atoms with Crippen LogP contribution in [0, 0.1) is 5.92 Å².